The van der Waals surface area contributed by atoms with Crippen LogP contribution in [0.2, 0.25) is 0 Å². The van der Waals surface area contributed by atoms with Gasteiger partial charge in [0.05, 0.1) is 0 Å². The van der Waals surface area contributed by atoms with Crippen LogP contribution in [0.25, 0.3) is 0 Å². The van der Waals surface area contributed by atoms with Crippen LogP contribution in [-0.2, 0) is 0 Å². The molecule has 38 heavy (non-hydrogen) atoms. The van der Waals surface area contributed by atoms with Gasteiger partial charge in [0, 0.05) is 0 Å². The van der Waals surface area contributed by atoms with Gasteiger partial charge in [-0.3, -0.25) is 0 Å². The van der Waals surface area contributed by atoms with Crippen LogP contribution in [0.15, 0.2) is 0 Å². The Morgan fingerprint density at radius 3 is 0.289 bits per heavy atom. The molecule has 0 aliphatic rings. The Bertz CT molecular complexity index is 280. The largest absolute Gasteiger partial charge is 0.0654 e. The Labute approximate surface area is 245 Å². The van der Waals surface area contributed by atoms with Crippen molar-refractivity contribution in [3.63, 3.8) is 0 Å². The highest BCUT2D eigenvalue weighted by molar-refractivity contribution is 4.51. The molecule has 0 unspecified atom stereocenters. The quantitative estimate of drug-likeness (QED) is 0.0750. The lowest BCUT2D eigenvalue weighted by Crippen LogP contribution is -1.83. The van der Waals surface area contributed by atoms with Crippen molar-refractivity contribution in [3.05, 3.63) is 0 Å². The minimum absolute atomic E-state index is 1.37. The molecular formula is C38H80. The maximum atomic E-state index is 2.30. The zero-order valence-corrected chi connectivity index (χ0v) is 28.0. The first-order valence-corrected chi connectivity index (χ1v) is 18.8. The van der Waals surface area contributed by atoms with Gasteiger partial charge in [0.15, 0.2) is 0 Å². The Hall–Kier alpha value is 0. The minimum atomic E-state index is 1.37. The van der Waals surface area contributed by atoms with Crippen LogP contribution in [0.3, 0.4) is 0 Å². The summed E-state index contributed by atoms with van der Waals surface area (Å²) in [5, 5.41) is 0. The second-order valence-corrected chi connectivity index (χ2v) is 12.6. The maximum absolute atomic E-state index is 2.30. The third-order valence-corrected chi connectivity index (χ3v) is 8.41. The number of hydrogen-bond donors (Lipinski definition) is 0. The van der Waals surface area contributed by atoms with Gasteiger partial charge in [-0.2, -0.15) is 0 Å². The van der Waals surface area contributed by atoms with Crippen LogP contribution < -0.4 is 0 Å². The fraction of sp³-hybridized carbons (Fsp3) is 1.00. The topological polar surface area (TPSA) is 0 Å². The van der Waals surface area contributed by atoms with Crippen LogP contribution in [0.4, 0.5) is 0 Å². The third-order valence-electron chi connectivity index (χ3n) is 8.41. The van der Waals surface area contributed by atoms with Crippen molar-refractivity contribution in [1.82, 2.24) is 0 Å². The zero-order chi connectivity index (χ0) is 28.0. The molecule has 0 saturated carbocycles. The lowest BCUT2D eigenvalue weighted by molar-refractivity contribution is 0.529. The van der Waals surface area contributed by atoms with E-state index in [-0.39, 0.29) is 0 Å². The molecular weight excluding hydrogens is 456 g/mol. The van der Waals surface area contributed by atoms with Crippen LogP contribution in [0.1, 0.15) is 246 Å². The normalized spacial score (nSPS) is 11.1. The lowest BCUT2D eigenvalue weighted by Gasteiger charge is -2.03. The fourth-order valence-electron chi connectivity index (χ4n) is 5.60. The predicted octanol–water partition coefficient (Wildman–Crippen LogP) is 15.3. The molecule has 0 saturated heterocycles. The molecule has 0 fully saturated rings. The molecule has 0 N–H and O–H groups in total. The van der Waals surface area contributed by atoms with E-state index in [4.69, 9.17) is 0 Å². The zero-order valence-electron chi connectivity index (χ0n) is 28.0. The summed E-state index contributed by atoms with van der Waals surface area (Å²) in [7, 11) is 0. The molecule has 0 amide bonds. The van der Waals surface area contributed by atoms with E-state index in [9.17, 15) is 0 Å². The van der Waals surface area contributed by atoms with Crippen molar-refractivity contribution in [2.75, 3.05) is 0 Å². The van der Waals surface area contributed by atoms with Crippen molar-refractivity contribution in [2.24, 2.45) is 0 Å². The van der Waals surface area contributed by atoms with E-state index in [0.717, 1.165) is 0 Å². The summed E-state index contributed by atoms with van der Waals surface area (Å²) in [5.74, 6) is 0. The molecule has 0 aromatic heterocycles. The Kier molecular flexibility index (Phi) is 43.8. The van der Waals surface area contributed by atoms with Gasteiger partial charge >= 0.3 is 0 Å². The summed E-state index contributed by atoms with van der Waals surface area (Å²) in [4.78, 5) is 0. The molecule has 0 rings (SSSR count). The molecule has 0 heteroatoms. The van der Waals surface area contributed by atoms with Crippen molar-refractivity contribution in [1.29, 1.82) is 0 Å². The summed E-state index contributed by atoms with van der Waals surface area (Å²) in [6.45, 7) is 9.18. The van der Waals surface area contributed by atoms with E-state index in [1.807, 2.05) is 0 Å². The molecule has 0 radical (unpaired) electrons. The second kappa shape index (κ2) is 41.5. The minimum Gasteiger partial charge on any atom is -0.0654 e. The molecule has 0 atom stereocenters. The molecule has 232 valence electrons. The lowest BCUT2D eigenvalue weighted by atomic mass is 10.0. The fourth-order valence-corrected chi connectivity index (χ4v) is 5.60. The summed E-state index contributed by atoms with van der Waals surface area (Å²) in [6.07, 6.45) is 49.8. The van der Waals surface area contributed by atoms with Crippen molar-refractivity contribution in [2.45, 2.75) is 246 Å². The monoisotopic (exact) mass is 537 g/mol. The highest BCUT2D eigenvalue weighted by atomic mass is 14.0. The number of unbranched alkanes of at least 4 members (excludes halogenated alkanes) is 32. The average molecular weight is 537 g/mol. The molecule has 0 aromatic rings. The summed E-state index contributed by atoms with van der Waals surface area (Å²) in [6, 6.07) is 0. The molecule has 0 bridgehead atoms. The van der Waals surface area contributed by atoms with Gasteiger partial charge in [-0.15, -0.1) is 0 Å². The van der Waals surface area contributed by atoms with Crippen LogP contribution >= 0.6 is 0 Å². The molecule has 0 aliphatic heterocycles. The number of hydrogen-bond acceptors (Lipinski definition) is 0. The van der Waals surface area contributed by atoms with Gasteiger partial charge in [-0.25, -0.2) is 0 Å². The van der Waals surface area contributed by atoms with Gasteiger partial charge in [-0.05, 0) is 0 Å². The van der Waals surface area contributed by atoms with Crippen LogP contribution in [-0.4, -0.2) is 0 Å². The SMILES string of the molecule is CCCCCCCCCCCCCCCCCCC.CCCCCCCCCCCCCCCCCCC. The molecule has 0 heterocycles. The molecule has 0 spiro atoms. The number of rotatable bonds is 32. The van der Waals surface area contributed by atoms with E-state index in [0.29, 0.717) is 0 Å². The van der Waals surface area contributed by atoms with E-state index < -0.39 is 0 Å². The first kappa shape index (κ1) is 40.1. The van der Waals surface area contributed by atoms with Gasteiger partial charge < -0.3 is 0 Å². The van der Waals surface area contributed by atoms with Crippen molar-refractivity contribution >= 4 is 0 Å². The first-order chi connectivity index (χ1) is 18.8. The first-order valence-electron chi connectivity index (χ1n) is 18.8. The molecule has 0 nitrogen and oxygen atoms in total. The standard InChI is InChI=1S/2C19H40/c2*1-3-5-7-9-11-13-15-17-19-18-16-14-12-10-8-6-4-2/h2*3-19H2,1-2H3. The Morgan fingerprint density at radius 1 is 0.132 bits per heavy atom. The van der Waals surface area contributed by atoms with Crippen molar-refractivity contribution in [3.8, 4) is 0 Å². The van der Waals surface area contributed by atoms with Gasteiger partial charge in [-0.1, -0.05) is 246 Å². The average Bonchev–Trinajstić information content (AvgIpc) is 2.93. The second-order valence-electron chi connectivity index (χ2n) is 12.6. The highest BCUT2D eigenvalue weighted by Gasteiger charge is 1.95. The molecule has 0 aromatic carbocycles. The highest BCUT2D eigenvalue weighted by Crippen LogP contribution is 2.15. The Morgan fingerprint density at radius 2 is 0.211 bits per heavy atom. The van der Waals surface area contributed by atoms with Crippen LogP contribution in [0, 0.1) is 0 Å². The third kappa shape index (κ3) is 43.1. The summed E-state index contributed by atoms with van der Waals surface area (Å²) < 4.78 is 0. The summed E-state index contributed by atoms with van der Waals surface area (Å²) in [5.41, 5.74) is 0. The van der Waals surface area contributed by atoms with Gasteiger partial charge in [0.25, 0.3) is 0 Å². The maximum Gasteiger partial charge on any atom is -0.0533 e. The molecule has 0 aliphatic carbocycles. The summed E-state index contributed by atoms with van der Waals surface area (Å²) >= 11 is 0. The van der Waals surface area contributed by atoms with Gasteiger partial charge in [0.2, 0.25) is 0 Å². The van der Waals surface area contributed by atoms with Crippen molar-refractivity contribution < 1.29 is 0 Å². The smallest absolute Gasteiger partial charge is 0.0533 e. The van der Waals surface area contributed by atoms with E-state index in [2.05, 4.69) is 27.7 Å². The van der Waals surface area contributed by atoms with E-state index >= 15 is 0 Å². The Balaban J connectivity index is 0. The predicted molar refractivity (Wildman–Crippen MR) is 180 cm³/mol. The van der Waals surface area contributed by atoms with Crippen LogP contribution in [0.5, 0.6) is 0 Å². The van der Waals surface area contributed by atoms with E-state index in [1.54, 1.807) is 0 Å². The van der Waals surface area contributed by atoms with E-state index in [1.165, 1.54) is 218 Å². The van der Waals surface area contributed by atoms with Gasteiger partial charge in [0.1, 0.15) is 0 Å².